The SMILES string of the molecule is CCC(C)N(Sc1cccc([N+](=O)[O-])c1)C(C)CC. The van der Waals surface area contributed by atoms with Crippen LogP contribution in [0.5, 0.6) is 0 Å². The standard InChI is InChI=1S/C14H22N2O2S/c1-5-11(3)15(12(4)6-2)19-14-9-7-8-13(10-14)16(17)18/h7-12H,5-6H2,1-4H3. The quantitative estimate of drug-likeness (QED) is 0.419. The highest BCUT2D eigenvalue weighted by Crippen LogP contribution is 2.31. The monoisotopic (exact) mass is 282 g/mol. The van der Waals surface area contributed by atoms with Gasteiger partial charge < -0.3 is 0 Å². The van der Waals surface area contributed by atoms with Crippen molar-refractivity contribution in [1.82, 2.24) is 4.31 Å². The van der Waals surface area contributed by atoms with Gasteiger partial charge in [0.05, 0.1) is 4.92 Å². The first-order chi connectivity index (χ1) is 8.99. The smallest absolute Gasteiger partial charge is 0.258 e. The third-order valence-electron chi connectivity index (χ3n) is 3.29. The van der Waals surface area contributed by atoms with Crippen molar-refractivity contribution in [3.8, 4) is 0 Å². The molecule has 0 saturated carbocycles. The molecule has 2 atom stereocenters. The lowest BCUT2D eigenvalue weighted by Crippen LogP contribution is -2.33. The summed E-state index contributed by atoms with van der Waals surface area (Å²) in [6.07, 6.45) is 2.12. The molecule has 5 heteroatoms. The van der Waals surface area contributed by atoms with Gasteiger partial charge in [-0.25, -0.2) is 4.31 Å². The van der Waals surface area contributed by atoms with Gasteiger partial charge in [-0.05, 0) is 44.7 Å². The lowest BCUT2D eigenvalue weighted by molar-refractivity contribution is -0.385. The van der Waals surface area contributed by atoms with Crippen LogP contribution in [0.3, 0.4) is 0 Å². The van der Waals surface area contributed by atoms with Gasteiger partial charge in [0.15, 0.2) is 0 Å². The van der Waals surface area contributed by atoms with E-state index in [2.05, 4.69) is 32.0 Å². The molecule has 0 aliphatic heterocycles. The molecule has 0 aromatic heterocycles. The normalized spacial score (nSPS) is 14.4. The minimum atomic E-state index is -0.346. The van der Waals surface area contributed by atoms with Gasteiger partial charge in [0.25, 0.3) is 5.69 Å². The summed E-state index contributed by atoms with van der Waals surface area (Å²) in [7, 11) is 0. The maximum absolute atomic E-state index is 10.8. The van der Waals surface area contributed by atoms with Crippen LogP contribution in [0.1, 0.15) is 40.5 Å². The summed E-state index contributed by atoms with van der Waals surface area (Å²) in [4.78, 5) is 11.4. The van der Waals surface area contributed by atoms with Gasteiger partial charge in [-0.15, -0.1) is 0 Å². The first kappa shape index (κ1) is 16.0. The summed E-state index contributed by atoms with van der Waals surface area (Å²) in [5, 5.41) is 10.8. The molecule has 0 fully saturated rings. The Hall–Kier alpha value is -1.07. The lowest BCUT2D eigenvalue weighted by atomic mass is 10.2. The second kappa shape index (κ2) is 7.50. The molecule has 4 nitrogen and oxygen atoms in total. The molecule has 0 aliphatic carbocycles. The second-order valence-electron chi connectivity index (χ2n) is 4.72. The molecule has 0 radical (unpaired) electrons. The van der Waals surface area contributed by atoms with Gasteiger partial charge in [0.1, 0.15) is 0 Å². The molecule has 0 saturated heterocycles. The van der Waals surface area contributed by atoms with E-state index in [1.54, 1.807) is 24.1 Å². The van der Waals surface area contributed by atoms with Crippen molar-refractivity contribution in [2.75, 3.05) is 0 Å². The van der Waals surface area contributed by atoms with Crippen molar-refractivity contribution in [1.29, 1.82) is 0 Å². The zero-order chi connectivity index (χ0) is 14.4. The predicted molar refractivity (Wildman–Crippen MR) is 80.3 cm³/mol. The third kappa shape index (κ3) is 4.51. The van der Waals surface area contributed by atoms with Crippen LogP contribution in [-0.4, -0.2) is 21.3 Å². The number of nitro groups is 1. The first-order valence-electron chi connectivity index (χ1n) is 6.70. The highest BCUT2D eigenvalue weighted by molar-refractivity contribution is 7.97. The second-order valence-corrected chi connectivity index (χ2v) is 5.80. The van der Waals surface area contributed by atoms with Crippen LogP contribution in [0.25, 0.3) is 0 Å². The van der Waals surface area contributed by atoms with Crippen LogP contribution >= 0.6 is 11.9 Å². The number of benzene rings is 1. The first-order valence-corrected chi connectivity index (χ1v) is 7.47. The minimum absolute atomic E-state index is 0.151. The van der Waals surface area contributed by atoms with Gasteiger partial charge in [0.2, 0.25) is 0 Å². The minimum Gasteiger partial charge on any atom is -0.258 e. The highest BCUT2D eigenvalue weighted by Gasteiger charge is 2.20. The Morgan fingerprint density at radius 1 is 1.26 bits per heavy atom. The number of non-ortho nitro benzene ring substituents is 1. The Kier molecular flexibility index (Phi) is 6.31. The number of rotatable bonds is 7. The molecule has 19 heavy (non-hydrogen) atoms. The Bertz CT molecular complexity index is 416. The van der Waals surface area contributed by atoms with E-state index in [0.29, 0.717) is 12.1 Å². The van der Waals surface area contributed by atoms with E-state index < -0.39 is 0 Å². The average Bonchev–Trinajstić information content (AvgIpc) is 2.43. The fraction of sp³-hybridized carbons (Fsp3) is 0.571. The van der Waals surface area contributed by atoms with Crippen molar-refractivity contribution in [2.24, 2.45) is 0 Å². The number of hydrogen-bond acceptors (Lipinski definition) is 4. The van der Waals surface area contributed by atoms with Crippen LogP contribution < -0.4 is 0 Å². The predicted octanol–water partition coefficient (Wildman–Crippen LogP) is 4.50. The summed E-state index contributed by atoms with van der Waals surface area (Å²) in [6.45, 7) is 8.70. The zero-order valence-corrected chi connectivity index (χ0v) is 12.8. The molecule has 1 rings (SSSR count). The Labute approximate surface area is 119 Å². The molecule has 0 amide bonds. The van der Waals surface area contributed by atoms with Crippen molar-refractivity contribution in [3.63, 3.8) is 0 Å². The molecule has 0 heterocycles. The summed E-state index contributed by atoms with van der Waals surface area (Å²) in [6, 6.07) is 7.73. The van der Waals surface area contributed by atoms with E-state index in [9.17, 15) is 10.1 Å². The lowest BCUT2D eigenvalue weighted by Gasteiger charge is -2.32. The summed E-state index contributed by atoms with van der Waals surface area (Å²) >= 11 is 1.61. The molecule has 0 bridgehead atoms. The van der Waals surface area contributed by atoms with Gasteiger partial charge in [0, 0.05) is 29.1 Å². The van der Waals surface area contributed by atoms with Crippen molar-refractivity contribution >= 4 is 17.6 Å². The van der Waals surface area contributed by atoms with E-state index in [-0.39, 0.29) is 10.6 Å². The molecule has 0 N–H and O–H groups in total. The zero-order valence-electron chi connectivity index (χ0n) is 12.0. The summed E-state index contributed by atoms with van der Waals surface area (Å²) in [5.74, 6) is 0. The average molecular weight is 282 g/mol. The largest absolute Gasteiger partial charge is 0.270 e. The van der Waals surface area contributed by atoms with Crippen LogP contribution in [0, 0.1) is 10.1 Å². The Balaban J connectivity index is 2.89. The number of nitro benzene ring substituents is 1. The van der Waals surface area contributed by atoms with Gasteiger partial charge in [-0.2, -0.15) is 0 Å². The Morgan fingerprint density at radius 2 is 1.84 bits per heavy atom. The van der Waals surface area contributed by atoms with Crippen molar-refractivity contribution in [2.45, 2.75) is 57.5 Å². The fourth-order valence-corrected chi connectivity index (χ4v) is 2.96. The maximum Gasteiger partial charge on any atom is 0.270 e. The Morgan fingerprint density at radius 3 is 2.32 bits per heavy atom. The molecule has 0 aliphatic rings. The summed E-state index contributed by atoms with van der Waals surface area (Å²) < 4.78 is 2.33. The van der Waals surface area contributed by atoms with E-state index in [1.807, 2.05) is 6.07 Å². The van der Waals surface area contributed by atoms with E-state index in [0.717, 1.165) is 17.7 Å². The molecule has 106 valence electrons. The highest BCUT2D eigenvalue weighted by atomic mass is 32.2. The molecule has 0 spiro atoms. The van der Waals surface area contributed by atoms with Crippen LogP contribution in [0.15, 0.2) is 29.2 Å². The van der Waals surface area contributed by atoms with Crippen molar-refractivity contribution < 1.29 is 4.92 Å². The molecule has 1 aromatic rings. The molecule has 1 aromatic carbocycles. The fourth-order valence-electron chi connectivity index (χ4n) is 1.75. The topological polar surface area (TPSA) is 46.4 Å². The van der Waals surface area contributed by atoms with Gasteiger partial charge in [-0.1, -0.05) is 19.9 Å². The van der Waals surface area contributed by atoms with E-state index in [1.165, 1.54) is 6.07 Å². The van der Waals surface area contributed by atoms with Gasteiger partial charge >= 0.3 is 0 Å². The van der Waals surface area contributed by atoms with Crippen LogP contribution in [0.2, 0.25) is 0 Å². The number of nitrogens with zero attached hydrogens (tertiary/aromatic N) is 2. The summed E-state index contributed by atoms with van der Waals surface area (Å²) in [5.41, 5.74) is 0.151. The maximum atomic E-state index is 10.8. The van der Waals surface area contributed by atoms with Gasteiger partial charge in [-0.3, -0.25) is 10.1 Å². The number of hydrogen-bond donors (Lipinski definition) is 0. The van der Waals surface area contributed by atoms with Crippen molar-refractivity contribution in [3.05, 3.63) is 34.4 Å². The van der Waals surface area contributed by atoms with Crippen LogP contribution in [-0.2, 0) is 0 Å². The van der Waals surface area contributed by atoms with Crippen LogP contribution in [0.4, 0.5) is 5.69 Å². The van der Waals surface area contributed by atoms with E-state index in [4.69, 9.17) is 0 Å². The van der Waals surface area contributed by atoms with E-state index >= 15 is 0 Å². The third-order valence-corrected chi connectivity index (χ3v) is 4.69. The molecular formula is C14H22N2O2S. The molecular weight excluding hydrogens is 260 g/mol. The molecule has 2 unspecified atom stereocenters.